The van der Waals surface area contributed by atoms with Crippen molar-refractivity contribution >= 4 is 10.9 Å². The molecule has 0 aliphatic carbocycles. The summed E-state index contributed by atoms with van der Waals surface area (Å²) in [5.41, 5.74) is 2.39. The molecule has 118 valence electrons. The maximum absolute atomic E-state index is 5.92. The fourth-order valence-corrected chi connectivity index (χ4v) is 2.72. The molecule has 0 saturated carbocycles. The van der Waals surface area contributed by atoms with Crippen LogP contribution in [0.4, 0.5) is 0 Å². The van der Waals surface area contributed by atoms with Crippen LogP contribution in [0.3, 0.4) is 0 Å². The third-order valence-electron chi connectivity index (χ3n) is 3.91. The van der Waals surface area contributed by atoms with Gasteiger partial charge in [-0.3, -0.25) is 4.68 Å². The summed E-state index contributed by atoms with van der Waals surface area (Å²) in [5.74, 6) is 0.969. The second-order valence-electron chi connectivity index (χ2n) is 5.58. The van der Waals surface area contributed by atoms with Gasteiger partial charge in [0.2, 0.25) is 0 Å². The van der Waals surface area contributed by atoms with Crippen molar-refractivity contribution in [3.63, 3.8) is 0 Å². The number of benzene rings is 2. The number of allylic oxidation sites excluding steroid dienone is 1. The SMILES string of the molecule is C=CCc1ccccc1OCCCCn1ncc2ccccc21. The van der Waals surface area contributed by atoms with E-state index in [4.69, 9.17) is 4.74 Å². The van der Waals surface area contributed by atoms with Gasteiger partial charge in [-0.2, -0.15) is 5.10 Å². The van der Waals surface area contributed by atoms with Gasteiger partial charge < -0.3 is 4.74 Å². The average molecular weight is 306 g/mol. The first-order chi connectivity index (χ1) is 11.4. The molecule has 0 aliphatic heterocycles. The summed E-state index contributed by atoms with van der Waals surface area (Å²) in [5, 5.41) is 5.65. The summed E-state index contributed by atoms with van der Waals surface area (Å²) >= 11 is 0. The largest absolute Gasteiger partial charge is 0.493 e. The topological polar surface area (TPSA) is 27.1 Å². The molecule has 0 N–H and O–H groups in total. The average Bonchev–Trinajstić information content (AvgIpc) is 3.00. The Kier molecular flexibility index (Phi) is 5.09. The number of unbranched alkanes of at least 4 members (excludes halogenated alkanes) is 1. The summed E-state index contributed by atoms with van der Waals surface area (Å²) in [7, 11) is 0. The lowest BCUT2D eigenvalue weighted by atomic mass is 10.1. The smallest absolute Gasteiger partial charge is 0.122 e. The maximum atomic E-state index is 5.92. The molecule has 3 heteroatoms. The quantitative estimate of drug-likeness (QED) is 0.448. The summed E-state index contributed by atoms with van der Waals surface area (Å²) in [6.07, 6.45) is 6.74. The Bertz CT molecular complexity index is 776. The third kappa shape index (κ3) is 3.81. The highest BCUT2D eigenvalue weighted by molar-refractivity contribution is 5.78. The highest BCUT2D eigenvalue weighted by Gasteiger charge is 2.03. The van der Waals surface area contributed by atoms with Crippen LogP contribution in [0.15, 0.2) is 67.4 Å². The minimum absolute atomic E-state index is 0.730. The van der Waals surface area contributed by atoms with Gasteiger partial charge in [0, 0.05) is 11.9 Å². The fourth-order valence-electron chi connectivity index (χ4n) is 2.72. The summed E-state index contributed by atoms with van der Waals surface area (Å²) < 4.78 is 7.99. The molecule has 3 aromatic rings. The number of hydrogen-bond acceptors (Lipinski definition) is 2. The molecule has 0 atom stereocenters. The van der Waals surface area contributed by atoms with Crippen molar-refractivity contribution in [3.05, 3.63) is 72.9 Å². The van der Waals surface area contributed by atoms with Crippen LogP contribution < -0.4 is 4.74 Å². The van der Waals surface area contributed by atoms with Crippen molar-refractivity contribution in [1.29, 1.82) is 0 Å². The molecule has 0 spiro atoms. The normalized spacial score (nSPS) is 10.8. The number of rotatable bonds is 8. The van der Waals surface area contributed by atoms with Gasteiger partial charge in [0.05, 0.1) is 18.3 Å². The van der Waals surface area contributed by atoms with Gasteiger partial charge >= 0.3 is 0 Å². The molecule has 1 aromatic heterocycles. The van der Waals surface area contributed by atoms with Gasteiger partial charge in [0.15, 0.2) is 0 Å². The Labute approximate surface area is 137 Å². The van der Waals surface area contributed by atoms with E-state index >= 15 is 0 Å². The molecule has 3 rings (SSSR count). The summed E-state index contributed by atoms with van der Waals surface area (Å²) in [6.45, 7) is 5.45. The maximum Gasteiger partial charge on any atom is 0.122 e. The van der Waals surface area contributed by atoms with E-state index in [9.17, 15) is 0 Å². The van der Waals surface area contributed by atoms with Gasteiger partial charge in [-0.05, 0) is 37.0 Å². The Hall–Kier alpha value is -2.55. The molecule has 1 heterocycles. The fraction of sp³-hybridized carbons (Fsp3) is 0.250. The number of aryl methyl sites for hydroxylation is 1. The predicted octanol–water partition coefficient (Wildman–Crippen LogP) is 4.62. The van der Waals surface area contributed by atoms with Crippen LogP contribution in [-0.2, 0) is 13.0 Å². The van der Waals surface area contributed by atoms with Crippen LogP contribution in [0.1, 0.15) is 18.4 Å². The number of aromatic nitrogens is 2. The Balaban J connectivity index is 1.48. The van der Waals surface area contributed by atoms with E-state index in [0.717, 1.165) is 38.2 Å². The second kappa shape index (κ2) is 7.63. The van der Waals surface area contributed by atoms with Gasteiger partial charge in [-0.25, -0.2) is 0 Å². The lowest BCUT2D eigenvalue weighted by molar-refractivity contribution is 0.300. The molecule has 2 aromatic carbocycles. The van der Waals surface area contributed by atoms with Crippen molar-refractivity contribution < 1.29 is 4.74 Å². The molecule has 0 amide bonds. The van der Waals surface area contributed by atoms with Gasteiger partial charge in [0.25, 0.3) is 0 Å². The van der Waals surface area contributed by atoms with Crippen LogP contribution in [0.25, 0.3) is 10.9 Å². The Morgan fingerprint density at radius 2 is 1.87 bits per heavy atom. The van der Waals surface area contributed by atoms with E-state index in [0.29, 0.717) is 0 Å². The van der Waals surface area contributed by atoms with E-state index in [1.165, 1.54) is 16.5 Å². The van der Waals surface area contributed by atoms with Crippen molar-refractivity contribution in [2.45, 2.75) is 25.8 Å². The zero-order chi connectivity index (χ0) is 15.9. The summed E-state index contributed by atoms with van der Waals surface area (Å²) in [6, 6.07) is 16.5. The molecule has 0 bridgehead atoms. The molecule has 0 saturated heterocycles. The van der Waals surface area contributed by atoms with E-state index in [-0.39, 0.29) is 0 Å². The second-order valence-corrected chi connectivity index (χ2v) is 5.58. The number of para-hydroxylation sites is 2. The first-order valence-corrected chi connectivity index (χ1v) is 8.10. The van der Waals surface area contributed by atoms with Gasteiger partial charge in [0.1, 0.15) is 5.75 Å². The predicted molar refractivity (Wildman–Crippen MR) is 94.8 cm³/mol. The molecular formula is C20H22N2O. The lowest BCUT2D eigenvalue weighted by Crippen LogP contribution is -2.04. The Morgan fingerprint density at radius 1 is 1.04 bits per heavy atom. The molecule has 23 heavy (non-hydrogen) atoms. The van der Waals surface area contributed by atoms with Crippen LogP contribution in [0.5, 0.6) is 5.75 Å². The van der Waals surface area contributed by atoms with Crippen molar-refractivity contribution in [1.82, 2.24) is 9.78 Å². The minimum Gasteiger partial charge on any atom is -0.493 e. The van der Waals surface area contributed by atoms with Gasteiger partial charge in [-0.1, -0.05) is 42.5 Å². The molecular weight excluding hydrogens is 284 g/mol. The molecule has 0 fully saturated rings. The van der Waals surface area contributed by atoms with Crippen LogP contribution in [0.2, 0.25) is 0 Å². The monoisotopic (exact) mass is 306 g/mol. The van der Waals surface area contributed by atoms with E-state index in [1.54, 1.807) is 0 Å². The van der Waals surface area contributed by atoms with Crippen LogP contribution in [-0.4, -0.2) is 16.4 Å². The Morgan fingerprint density at radius 3 is 2.78 bits per heavy atom. The zero-order valence-electron chi connectivity index (χ0n) is 13.3. The standard InChI is InChI=1S/C20H22N2O/c1-2-9-17-10-4-6-13-20(17)23-15-8-7-14-22-19-12-5-3-11-18(19)16-21-22/h2-6,10-13,16H,1,7-9,14-15H2. The zero-order valence-corrected chi connectivity index (χ0v) is 13.3. The van der Waals surface area contributed by atoms with Crippen molar-refractivity contribution in [3.8, 4) is 5.75 Å². The molecule has 0 unspecified atom stereocenters. The van der Waals surface area contributed by atoms with Crippen LogP contribution in [0, 0.1) is 0 Å². The first kappa shape index (κ1) is 15.3. The van der Waals surface area contributed by atoms with Gasteiger partial charge in [-0.15, -0.1) is 6.58 Å². The van der Waals surface area contributed by atoms with E-state index in [2.05, 4.69) is 40.6 Å². The first-order valence-electron chi connectivity index (χ1n) is 8.10. The molecule has 0 radical (unpaired) electrons. The van der Waals surface area contributed by atoms with Crippen molar-refractivity contribution in [2.24, 2.45) is 0 Å². The van der Waals surface area contributed by atoms with Crippen LogP contribution >= 0.6 is 0 Å². The van der Waals surface area contributed by atoms with E-state index in [1.807, 2.05) is 36.5 Å². The molecule has 0 aliphatic rings. The number of fused-ring (bicyclic) bond motifs is 1. The third-order valence-corrected chi connectivity index (χ3v) is 3.91. The van der Waals surface area contributed by atoms with Crippen molar-refractivity contribution in [2.75, 3.05) is 6.61 Å². The minimum atomic E-state index is 0.730. The number of ether oxygens (including phenoxy) is 1. The number of hydrogen-bond donors (Lipinski definition) is 0. The molecule has 3 nitrogen and oxygen atoms in total. The highest BCUT2D eigenvalue weighted by atomic mass is 16.5. The lowest BCUT2D eigenvalue weighted by Gasteiger charge is -2.10. The highest BCUT2D eigenvalue weighted by Crippen LogP contribution is 2.19. The number of nitrogens with zero attached hydrogens (tertiary/aromatic N) is 2. The summed E-state index contributed by atoms with van der Waals surface area (Å²) in [4.78, 5) is 0. The van der Waals surface area contributed by atoms with E-state index < -0.39 is 0 Å².